The zero-order chi connectivity index (χ0) is 98.2. The normalized spacial score (nSPS) is 25.3. The Morgan fingerprint density at radius 1 is 0.541 bits per heavy atom. The molecule has 0 spiro atoms. The first kappa shape index (κ1) is 103. The number of benzene rings is 3. The average Bonchev–Trinajstić information content (AvgIpc) is 1.63. The number of aliphatic carboxylic acids is 1. The molecule has 1 unspecified atom stereocenters. The molecule has 3 aromatic carbocycles. The molecular formula is C92H125FN22O20. The minimum absolute atomic E-state index is 0.00585. The van der Waals surface area contributed by atoms with Crippen molar-refractivity contribution in [2.24, 2.45) is 23.1 Å². The highest BCUT2D eigenvalue weighted by molar-refractivity contribution is 6.03. The standard InChI is InChI=1S/C92H125FN22O20/c1-8-10-22-70-84(127)104-62(35-50(3)4)82(125)109-68(79(96)122)44-97-45-77(119)102-65(36-52-27-29-55(93)30-28-52)90(133)113-33-17-16-25-71(113)86(129)108-67(41-76(95)118)91(134)114-34-18-26-72(114)85(128)106-64(39-56-43-98-49-100-56)83(126)103-61(31-32-75(94)117)89(132)115-47-57(116)40-74(115)87(130)105-63(37-53-42-99-60-21-14-12-19-58(53)60)81(124)101-51(5)80(123)107-66(88(131)111(7)73(23-11-9-2)92(135)110(70)6)38-54-46-112(48-78(120)121)69-24-15-13-20-59(54)69/h12-15,19-21,24,27-30,42-43,46,49-51,57,61-68,70-74,97,99,116H,8-11,16-18,22-23,25-26,31-41,44-45,47-48H2,1-7H3,(H2,94,117)(H2,95,118)(H2,96,122)(H,98,100)(H,101,124)(H,102,119)(H,103,126)(H,104,127)(H,105,130)(H,106,128)(H,107,123)(H,108,129)(H,109,125)(H,120,121)/t51-,57+,61-,62-,63-,64-,65-,66-,67-,68-,70-,71-,72?,73-,74-/m0/s1. The van der Waals surface area contributed by atoms with E-state index in [2.05, 4.69) is 68.1 Å². The summed E-state index contributed by atoms with van der Waals surface area (Å²) in [7, 11) is 2.71. The molecule has 15 atom stereocenters. The van der Waals surface area contributed by atoms with Gasteiger partial charge in [0.15, 0.2) is 0 Å². The van der Waals surface area contributed by atoms with E-state index in [1.807, 2.05) is 13.8 Å². The molecule has 17 amide bonds. The lowest BCUT2D eigenvalue weighted by Crippen LogP contribution is -2.62. The minimum atomic E-state index is -1.78. The monoisotopic (exact) mass is 1880 g/mol. The lowest BCUT2D eigenvalue weighted by Gasteiger charge is -2.38. The highest BCUT2D eigenvalue weighted by Crippen LogP contribution is 2.30. The molecule has 0 aliphatic carbocycles. The third-order valence-electron chi connectivity index (χ3n) is 24.9. The van der Waals surface area contributed by atoms with Gasteiger partial charge in [-0.2, -0.15) is 0 Å². The summed E-state index contributed by atoms with van der Waals surface area (Å²) >= 11 is 0. The Balaban J connectivity index is 1.02. The maximum absolute atomic E-state index is 15.8. The van der Waals surface area contributed by atoms with E-state index in [-0.39, 0.29) is 82.5 Å². The molecule has 4 aliphatic heterocycles. The van der Waals surface area contributed by atoms with Crippen molar-refractivity contribution < 1.29 is 101 Å². The zero-order valence-electron chi connectivity index (χ0n) is 76.8. The molecule has 10 rings (SSSR count). The maximum Gasteiger partial charge on any atom is 0.323 e. The van der Waals surface area contributed by atoms with E-state index in [1.54, 1.807) is 68.6 Å². The van der Waals surface area contributed by atoms with Crippen LogP contribution < -0.4 is 70.4 Å². The smallest absolute Gasteiger partial charge is 0.323 e. The summed E-state index contributed by atoms with van der Waals surface area (Å²) in [6, 6.07) is -3.04. The van der Waals surface area contributed by atoms with Crippen LogP contribution in [0.4, 0.5) is 4.39 Å². The lowest BCUT2D eigenvalue weighted by molar-refractivity contribution is -0.149. The van der Waals surface area contributed by atoms with Gasteiger partial charge in [-0.25, -0.2) is 9.37 Å². The molecule has 4 aliphatic rings. The number of carboxylic acids is 1. The molecule has 20 N–H and O–H groups in total. The van der Waals surface area contributed by atoms with Gasteiger partial charge in [0.05, 0.1) is 31.1 Å². The molecule has 7 heterocycles. The van der Waals surface area contributed by atoms with Crippen molar-refractivity contribution in [3.05, 3.63) is 126 Å². The number of imidazole rings is 1. The topological polar surface area (TPSA) is 612 Å². The van der Waals surface area contributed by atoms with Gasteiger partial charge in [0.1, 0.15) is 96.9 Å². The maximum atomic E-state index is 15.8. The van der Waals surface area contributed by atoms with Crippen molar-refractivity contribution in [3.63, 3.8) is 0 Å². The van der Waals surface area contributed by atoms with Gasteiger partial charge in [0.2, 0.25) is 100 Å². The van der Waals surface area contributed by atoms with Gasteiger partial charge in [-0.15, -0.1) is 0 Å². The molecule has 42 nitrogen and oxygen atoms in total. The van der Waals surface area contributed by atoms with Gasteiger partial charge in [0, 0.05) is 119 Å². The number of carbonyl (C=O) groups is 18. The molecule has 43 heteroatoms. The molecular weight excluding hydrogens is 1750 g/mol. The fourth-order valence-corrected chi connectivity index (χ4v) is 17.8. The Bertz CT molecular complexity index is 5300. The van der Waals surface area contributed by atoms with Gasteiger partial charge in [-0.3, -0.25) is 86.3 Å². The number of likely N-dealkylation sites (N-methyl/N-ethyl adjacent to an activating group) is 2. The summed E-state index contributed by atoms with van der Waals surface area (Å²) in [5.41, 5.74) is 19.8. The summed E-state index contributed by atoms with van der Waals surface area (Å²) in [6.07, 6.45) is 3.09. The summed E-state index contributed by atoms with van der Waals surface area (Å²) < 4.78 is 15.9. The number of halogens is 1. The molecule has 135 heavy (non-hydrogen) atoms. The number of carbonyl (C=O) groups excluding carboxylic acids is 17. The van der Waals surface area contributed by atoms with Crippen LogP contribution >= 0.6 is 0 Å². The van der Waals surface area contributed by atoms with Crippen molar-refractivity contribution in [1.82, 2.24) is 97.2 Å². The number of aromatic amines is 2. The van der Waals surface area contributed by atoms with Crippen molar-refractivity contribution >= 4 is 128 Å². The fraction of sp³-hybridized carbons (Fsp3) is 0.533. The second-order valence-electron chi connectivity index (χ2n) is 35.5. The average molecular weight is 1880 g/mol. The lowest BCUT2D eigenvalue weighted by atomic mass is 9.97. The number of aliphatic hydroxyl groups is 1. The van der Waals surface area contributed by atoms with Gasteiger partial charge < -0.3 is 120 Å². The number of aromatic nitrogens is 4. The molecule has 4 saturated heterocycles. The van der Waals surface area contributed by atoms with Crippen molar-refractivity contribution in [1.29, 1.82) is 0 Å². The Kier molecular flexibility index (Phi) is 36.9. The SMILES string of the molecule is CCCC[C@H]1C(=O)N(C)[C@@H](CCCC)C(=O)N[C@@H](CC(C)C)C(=O)N[C@H](C(N)=O)CNCC(=O)N[C@@H](Cc2ccc(F)cc2)C(=O)N2CCCC[C@H]2C(=O)N[C@@H](CC(N)=O)C(=O)N2CCCC2C(=O)N[C@@H](Cc2c[nH]cn2)C(=O)N[C@@H](CCC(N)=O)C(=O)N2C[C@H](O)C[C@H]2C(=O)N[C@@H](Cc2c[nH]c3ccccc23)C(=O)N[C@@H](C)C(=O)N[C@@H](Cc2cn(CC(=O)O)c3ccccc23)C(=O)N1C. The second-order valence-corrected chi connectivity index (χ2v) is 35.5. The van der Waals surface area contributed by atoms with Gasteiger partial charge in [-0.05, 0) is 112 Å². The number of para-hydroxylation sites is 2. The van der Waals surface area contributed by atoms with Crippen LogP contribution in [-0.4, -0.2) is 298 Å². The third-order valence-corrected chi connectivity index (χ3v) is 24.9. The molecule has 4 fully saturated rings. The molecule has 6 aromatic rings. The van der Waals surface area contributed by atoms with Crippen molar-refractivity contribution in [2.75, 3.05) is 46.8 Å². The number of piperidine rings is 1. The van der Waals surface area contributed by atoms with E-state index < -0.39 is 261 Å². The van der Waals surface area contributed by atoms with Crippen LogP contribution in [0.15, 0.2) is 97.7 Å². The first-order chi connectivity index (χ1) is 64.3. The van der Waals surface area contributed by atoms with E-state index in [0.29, 0.717) is 77.0 Å². The summed E-state index contributed by atoms with van der Waals surface area (Å²) in [5.74, 6) is -18.2. The fourth-order valence-electron chi connectivity index (χ4n) is 17.8. The molecule has 0 radical (unpaired) electrons. The Hall–Kier alpha value is -13.7. The summed E-state index contributed by atoms with van der Waals surface area (Å²) in [4.78, 5) is 279. The van der Waals surface area contributed by atoms with E-state index in [1.165, 1.54) is 66.2 Å². The van der Waals surface area contributed by atoms with E-state index in [9.17, 15) is 53.0 Å². The Morgan fingerprint density at radius 3 is 1.75 bits per heavy atom. The van der Waals surface area contributed by atoms with E-state index in [4.69, 9.17) is 17.2 Å². The van der Waals surface area contributed by atoms with Gasteiger partial charge in [-0.1, -0.05) is 102 Å². The van der Waals surface area contributed by atoms with Crippen LogP contribution in [0.2, 0.25) is 0 Å². The molecule has 3 aromatic heterocycles. The van der Waals surface area contributed by atoms with E-state index in [0.717, 1.165) is 26.8 Å². The van der Waals surface area contributed by atoms with Crippen LogP contribution in [0, 0.1) is 11.7 Å². The summed E-state index contributed by atoms with van der Waals surface area (Å²) in [6.45, 7) is 6.04. The number of amides is 17. The molecule has 730 valence electrons. The summed E-state index contributed by atoms with van der Waals surface area (Å²) in [5, 5.41) is 49.5. The van der Waals surface area contributed by atoms with Crippen LogP contribution in [0.25, 0.3) is 21.8 Å². The van der Waals surface area contributed by atoms with Gasteiger partial charge >= 0.3 is 5.97 Å². The van der Waals surface area contributed by atoms with Crippen LogP contribution in [0.1, 0.15) is 160 Å². The number of aliphatic hydroxyl groups excluding tert-OH is 1. The Labute approximate surface area is 778 Å². The second kappa shape index (κ2) is 48.3. The number of unbranched alkanes of at least 4 members (excludes halogenated alkanes) is 2. The van der Waals surface area contributed by atoms with Crippen molar-refractivity contribution in [3.8, 4) is 0 Å². The van der Waals surface area contributed by atoms with E-state index >= 15 is 47.9 Å². The molecule has 0 saturated carbocycles. The predicted octanol–water partition coefficient (Wildman–Crippen LogP) is -1.63. The number of nitrogens with two attached hydrogens (primary N) is 3. The zero-order valence-corrected chi connectivity index (χ0v) is 76.8. The number of rotatable bonds is 24. The predicted molar refractivity (Wildman–Crippen MR) is 487 cm³/mol. The number of nitrogens with zero attached hydrogens (tertiary/aromatic N) is 7. The highest BCUT2D eigenvalue weighted by Gasteiger charge is 2.47. The number of nitrogens with one attached hydrogen (secondary N) is 12. The number of carboxylic acid groups (broad SMARTS) is 1. The largest absolute Gasteiger partial charge is 0.480 e. The highest BCUT2D eigenvalue weighted by atomic mass is 19.1. The van der Waals surface area contributed by atoms with Crippen LogP contribution in [0.5, 0.6) is 0 Å². The first-order valence-electron chi connectivity index (χ1n) is 45.8. The molecule has 0 bridgehead atoms. The van der Waals surface area contributed by atoms with Crippen molar-refractivity contribution in [2.45, 2.75) is 260 Å². The first-order valence-corrected chi connectivity index (χ1v) is 45.8. The van der Waals surface area contributed by atoms with Crippen LogP contribution in [0.3, 0.4) is 0 Å². The number of hydrogen-bond donors (Lipinski definition) is 17. The Morgan fingerprint density at radius 2 is 1.10 bits per heavy atom. The quantitative estimate of drug-likeness (QED) is 0.0323. The van der Waals surface area contributed by atoms with Crippen LogP contribution in [-0.2, 0) is 119 Å². The third kappa shape index (κ3) is 27.7. The number of H-pyrrole nitrogens is 2. The van der Waals surface area contributed by atoms with Gasteiger partial charge in [0.25, 0.3) is 0 Å². The number of fused-ring (bicyclic) bond motifs is 5. The number of primary amides is 3. The minimum Gasteiger partial charge on any atom is -0.480 e. The number of hydrogen-bond acceptors (Lipinski definition) is 21.